The van der Waals surface area contributed by atoms with Crippen molar-refractivity contribution in [3.05, 3.63) is 70.8 Å². The van der Waals surface area contributed by atoms with Crippen LogP contribution in [-0.4, -0.2) is 98.5 Å². The van der Waals surface area contributed by atoms with Crippen molar-refractivity contribution >= 4 is 11.9 Å². The zero-order chi connectivity index (χ0) is 41.1. The summed E-state index contributed by atoms with van der Waals surface area (Å²) in [4.78, 5) is 26.1. The maximum Gasteiger partial charge on any atom is 0.338 e. The van der Waals surface area contributed by atoms with Gasteiger partial charge in [0.15, 0.2) is 57.5 Å². The van der Waals surface area contributed by atoms with Crippen molar-refractivity contribution in [1.82, 2.24) is 0 Å². The fraction of sp³-hybridized carbons (Fsp3) is 0.350. The normalized spacial score (nSPS) is 11.9. The van der Waals surface area contributed by atoms with Crippen molar-refractivity contribution in [3.63, 3.8) is 0 Å². The fourth-order valence-electron chi connectivity index (χ4n) is 6.28. The Labute approximate surface area is 322 Å². The summed E-state index contributed by atoms with van der Waals surface area (Å²) in [6.07, 6.45) is 1.34. The first-order valence-electron chi connectivity index (χ1n) is 17.2. The van der Waals surface area contributed by atoms with E-state index < -0.39 is 52.4 Å². The lowest BCUT2D eigenvalue weighted by atomic mass is 9.80. The van der Waals surface area contributed by atoms with Crippen molar-refractivity contribution in [3.8, 4) is 69.0 Å². The Morgan fingerprint density at radius 2 is 0.857 bits per heavy atom. The van der Waals surface area contributed by atoms with E-state index in [0.717, 1.165) is 35.4 Å². The highest BCUT2D eigenvalue weighted by Crippen LogP contribution is 2.42. The third-order valence-electron chi connectivity index (χ3n) is 9.10. The van der Waals surface area contributed by atoms with Crippen molar-refractivity contribution in [2.45, 2.75) is 25.7 Å². The van der Waals surface area contributed by atoms with Gasteiger partial charge in [0.25, 0.3) is 0 Å². The van der Waals surface area contributed by atoms with Gasteiger partial charge in [0.2, 0.25) is 11.5 Å². The van der Waals surface area contributed by atoms with E-state index in [0.29, 0.717) is 53.8 Å². The maximum atomic E-state index is 13.3. The van der Waals surface area contributed by atoms with E-state index >= 15 is 0 Å². The summed E-state index contributed by atoms with van der Waals surface area (Å²) in [5.41, 5.74) is 1.12. The van der Waals surface area contributed by atoms with Gasteiger partial charge < -0.3 is 68.5 Å². The van der Waals surface area contributed by atoms with Gasteiger partial charge in [-0.15, -0.1) is 0 Å². The first-order valence-corrected chi connectivity index (χ1v) is 17.2. The van der Waals surface area contributed by atoms with E-state index in [1.54, 1.807) is 24.3 Å². The quantitative estimate of drug-likeness (QED) is 0.0393. The van der Waals surface area contributed by atoms with E-state index in [9.17, 15) is 40.2 Å². The van der Waals surface area contributed by atoms with Crippen molar-refractivity contribution in [1.29, 1.82) is 0 Å². The Kier molecular flexibility index (Phi) is 14.4. The molecule has 302 valence electrons. The van der Waals surface area contributed by atoms with Crippen LogP contribution in [0.25, 0.3) is 0 Å². The topological polar surface area (TPSA) is 229 Å². The van der Waals surface area contributed by atoms with Gasteiger partial charge in [0, 0.05) is 5.92 Å². The molecule has 0 spiro atoms. The molecule has 0 saturated carbocycles. The molecule has 2 atom stereocenters. The molecule has 0 amide bonds. The van der Waals surface area contributed by atoms with Crippen LogP contribution in [0.4, 0.5) is 0 Å². The molecule has 0 heterocycles. The molecule has 16 nitrogen and oxygen atoms in total. The fourth-order valence-corrected chi connectivity index (χ4v) is 6.28. The Balaban J connectivity index is 1.72. The molecule has 56 heavy (non-hydrogen) atoms. The molecule has 4 aromatic rings. The van der Waals surface area contributed by atoms with E-state index in [4.69, 9.17) is 37.9 Å². The molecule has 0 aromatic heterocycles. The largest absolute Gasteiger partial charge is 0.504 e. The second-order valence-corrected chi connectivity index (χ2v) is 12.6. The molecule has 0 fully saturated rings. The van der Waals surface area contributed by atoms with E-state index in [1.807, 2.05) is 0 Å². The number of phenols is 6. The van der Waals surface area contributed by atoms with Gasteiger partial charge in [-0.3, -0.25) is 0 Å². The molecule has 16 heteroatoms. The summed E-state index contributed by atoms with van der Waals surface area (Å²) in [6, 6.07) is 11.0. The second kappa shape index (κ2) is 19.1. The number of carbonyl (C=O) groups is 2. The number of esters is 2. The maximum absolute atomic E-state index is 13.3. The molecule has 4 aromatic carbocycles. The predicted octanol–water partition coefficient (Wildman–Crippen LogP) is 5.48. The third kappa shape index (κ3) is 9.93. The molecule has 0 aliphatic rings. The average Bonchev–Trinajstić information content (AvgIpc) is 3.19. The smallest absolute Gasteiger partial charge is 0.338 e. The highest BCUT2D eigenvalue weighted by atomic mass is 16.5. The van der Waals surface area contributed by atoms with E-state index in [1.165, 1.54) is 42.7 Å². The van der Waals surface area contributed by atoms with Crippen molar-refractivity contribution in [2.75, 3.05) is 55.9 Å². The summed E-state index contributed by atoms with van der Waals surface area (Å²) < 4.78 is 44.6. The Morgan fingerprint density at radius 1 is 0.500 bits per heavy atom. The monoisotopic (exact) mass is 782 g/mol. The number of rotatable bonds is 19. The summed E-state index contributed by atoms with van der Waals surface area (Å²) in [6.45, 7) is -0.269. The molecule has 6 N–H and O–H groups in total. The molecule has 0 saturated heterocycles. The third-order valence-corrected chi connectivity index (χ3v) is 9.10. The Hall–Kier alpha value is -6.58. The SMILES string of the molecule is COc1cc(C[C@@H](CCCOC(=O)c2cc(O)c(O)c(O)c2)[C@H](COC(=O)c2cc(O)c(O)c(O)c2)Cc2cc(OC)c(OC)c(OC)c2)cc(OC)c1OC. The predicted molar refractivity (Wildman–Crippen MR) is 199 cm³/mol. The average molecular weight is 783 g/mol. The molecule has 0 aliphatic heterocycles. The van der Waals surface area contributed by atoms with Crippen LogP contribution in [0, 0.1) is 11.8 Å². The van der Waals surface area contributed by atoms with Gasteiger partial charge in [-0.2, -0.15) is 0 Å². The van der Waals surface area contributed by atoms with Gasteiger partial charge >= 0.3 is 11.9 Å². The van der Waals surface area contributed by atoms with Crippen LogP contribution in [0.1, 0.15) is 44.7 Å². The Bertz CT molecular complexity index is 1910. The molecular weight excluding hydrogens is 736 g/mol. The highest BCUT2D eigenvalue weighted by molar-refractivity contribution is 5.91. The standard InChI is InChI=1S/C40H46O16/c1-49-31-12-21(13-32(50-2)37(31)53-5)10-23(8-7-9-55-39(47)24-16-27(41)35(45)28(42)17-24)26(11-22-14-33(51-3)38(54-6)34(15-22)52-4)20-56-40(48)25-18-29(43)36(46)30(44)19-25/h12-19,23,26,41-46H,7-11,20H2,1-6H3/t23-,26+/m1/s1. The van der Waals surface area contributed by atoms with E-state index in [-0.39, 0.29) is 36.7 Å². The molecule has 0 unspecified atom stereocenters. The molecule has 4 rings (SSSR count). The van der Waals surface area contributed by atoms with Crippen LogP contribution in [0.3, 0.4) is 0 Å². The van der Waals surface area contributed by atoms with Gasteiger partial charge in [-0.05, 0) is 91.3 Å². The lowest BCUT2D eigenvalue weighted by Gasteiger charge is -2.28. The summed E-state index contributed by atoms with van der Waals surface area (Å²) in [5, 5.41) is 59.3. The second-order valence-electron chi connectivity index (χ2n) is 12.6. The summed E-state index contributed by atoms with van der Waals surface area (Å²) >= 11 is 0. The lowest BCUT2D eigenvalue weighted by molar-refractivity contribution is 0.0361. The molecule has 0 aliphatic carbocycles. The number of ether oxygens (including phenoxy) is 8. The lowest BCUT2D eigenvalue weighted by Crippen LogP contribution is -2.27. The number of aromatic hydroxyl groups is 6. The van der Waals surface area contributed by atoms with E-state index in [2.05, 4.69) is 0 Å². The number of carbonyl (C=O) groups excluding carboxylic acids is 2. The number of phenolic OH excluding ortho intramolecular Hbond substituents is 6. The minimum atomic E-state index is -0.883. The van der Waals surface area contributed by atoms with Crippen LogP contribution >= 0.6 is 0 Å². The zero-order valence-electron chi connectivity index (χ0n) is 31.8. The molecular formula is C40H46O16. The van der Waals surface area contributed by atoms with Crippen LogP contribution in [0.5, 0.6) is 69.0 Å². The van der Waals surface area contributed by atoms with Gasteiger partial charge in [-0.1, -0.05) is 0 Å². The van der Waals surface area contributed by atoms with Gasteiger partial charge in [0.05, 0.1) is 67.0 Å². The first-order chi connectivity index (χ1) is 26.8. The summed E-state index contributed by atoms with van der Waals surface area (Å²) in [7, 11) is 8.92. The number of methoxy groups -OCH3 is 6. The van der Waals surface area contributed by atoms with Crippen molar-refractivity contribution < 1.29 is 78.1 Å². The van der Waals surface area contributed by atoms with Crippen LogP contribution in [0.15, 0.2) is 48.5 Å². The van der Waals surface area contributed by atoms with Gasteiger partial charge in [-0.25, -0.2) is 9.59 Å². The number of benzene rings is 4. The number of hydrogen-bond donors (Lipinski definition) is 6. The minimum absolute atomic E-state index is 0.0876. The van der Waals surface area contributed by atoms with Crippen LogP contribution in [-0.2, 0) is 22.3 Å². The van der Waals surface area contributed by atoms with Crippen LogP contribution < -0.4 is 28.4 Å². The van der Waals surface area contributed by atoms with Crippen LogP contribution in [0.2, 0.25) is 0 Å². The first kappa shape index (κ1) is 42.2. The Morgan fingerprint density at radius 3 is 1.21 bits per heavy atom. The molecule has 0 bridgehead atoms. The molecule has 0 radical (unpaired) electrons. The van der Waals surface area contributed by atoms with Gasteiger partial charge in [0.1, 0.15) is 0 Å². The van der Waals surface area contributed by atoms with Crippen molar-refractivity contribution in [2.24, 2.45) is 11.8 Å². The zero-order valence-corrected chi connectivity index (χ0v) is 31.8. The minimum Gasteiger partial charge on any atom is -0.504 e. The number of hydrogen-bond acceptors (Lipinski definition) is 16. The summed E-state index contributed by atoms with van der Waals surface area (Å²) in [5.74, 6) is -4.51. The highest BCUT2D eigenvalue weighted by Gasteiger charge is 2.28.